The van der Waals surface area contributed by atoms with Gasteiger partial charge < -0.3 is 9.62 Å². The topological polar surface area (TPSA) is 57.1 Å². The molecule has 0 aliphatic rings. The maximum atomic E-state index is 11.9. The molecule has 2 heterocycles. The molecule has 0 N–H and O–H groups in total. The summed E-state index contributed by atoms with van der Waals surface area (Å²) >= 11 is 0. The lowest BCUT2D eigenvalue weighted by atomic mass is 10.1. The number of fused-ring (bicyclic) bond motifs is 1. The lowest BCUT2D eigenvalue weighted by molar-refractivity contribution is -0.605. The van der Waals surface area contributed by atoms with Gasteiger partial charge in [-0.2, -0.15) is 4.73 Å². The van der Waals surface area contributed by atoms with Crippen LogP contribution in [0.3, 0.4) is 0 Å². The molecule has 0 fully saturated rings. The maximum Gasteiger partial charge on any atom is 0.193 e. The van der Waals surface area contributed by atoms with E-state index in [1.165, 1.54) is 18.5 Å². The molecule has 0 aliphatic carbocycles. The van der Waals surface area contributed by atoms with Crippen molar-refractivity contribution in [3.63, 3.8) is 0 Å². The van der Waals surface area contributed by atoms with Crippen LogP contribution < -0.4 is 10.2 Å². The monoisotopic (exact) mass is 239 g/mol. The van der Waals surface area contributed by atoms with E-state index in [4.69, 9.17) is 4.42 Å². The molecule has 4 heteroatoms. The number of pyridine rings is 1. The number of para-hydroxylation sites is 1. The second-order valence-electron chi connectivity index (χ2n) is 3.92. The minimum atomic E-state index is -0.0919. The molecule has 0 unspecified atom stereocenters. The van der Waals surface area contributed by atoms with Crippen LogP contribution in [0, 0.1) is 5.21 Å². The highest BCUT2D eigenvalue weighted by molar-refractivity contribution is 5.78. The van der Waals surface area contributed by atoms with Gasteiger partial charge in [0.2, 0.25) is 0 Å². The molecule has 2 aromatic heterocycles. The SMILES string of the molecule is O=c1cc(-c2cc[n+]([O-])cc2)oc2ccccc12. The third-order valence-corrected chi connectivity index (χ3v) is 2.72. The van der Waals surface area contributed by atoms with Crippen molar-refractivity contribution in [2.75, 3.05) is 0 Å². The molecule has 88 valence electrons. The quantitative estimate of drug-likeness (QED) is 0.482. The summed E-state index contributed by atoms with van der Waals surface area (Å²) in [7, 11) is 0. The van der Waals surface area contributed by atoms with Gasteiger partial charge in [-0.25, -0.2) is 0 Å². The molecule has 0 bridgehead atoms. The van der Waals surface area contributed by atoms with Crippen molar-refractivity contribution in [3.8, 4) is 11.3 Å². The maximum absolute atomic E-state index is 11.9. The number of rotatable bonds is 1. The van der Waals surface area contributed by atoms with Gasteiger partial charge in [0.1, 0.15) is 11.3 Å². The number of hydrogen-bond donors (Lipinski definition) is 0. The molecule has 0 saturated carbocycles. The molecule has 3 rings (SSSR count). The predicted molar refractivity (Wildman–Crippen MR) is 66.9 cm³/mol. The van der Waals surface area contributed by atoms with Crippen LogP contribution in [-0.4, -0.2) is 0 Å². The molecular weight excluding hydrogens is 230 g/mol. The Morgan fingerprint density at radius 1 is 1.06 bits per heavy atom. The van der Waals surface area contributed by atoms with E-state index in [0.717, 1.165) is 0 Å². The normalized spacial score (nSPS) is 10.7. The van der Waals surface area contributed by atoms with Gasteiger partial charge in [0.05, 0.1) is 5.39 Å². The summed E-state index contributed by atoms with van der Waals surface area (Å²) in [6.07, 6.45) is 2.73. The number of benzene rings is 1. The first-order valence-corrected chi connectivity index (χ1v) is 5.46. The number of aromatic nitrogens is 1. The van der Waals surface area contributed by atoms with Crippen molar-refractivity contribution in [2.45, 2.75) is 0 Å². The Morgan fingerprint density at radius 2 is 1.78 bits per heavy atom. The fraction of sp³-hybridized carbons (Fsp3) is 0. The molecule has 0 saturated heterocycles. The van der Waals surface area contributed by atoms with Crippen LogP contribution >= 0.6 is 0 Å². The summed E-state index contributed by atoms with van der Waals surface area (Å²) in [5, 5.41) is 11.5. The third-order valence-electron chi connectivity index (χ3n) is 2.72. The standard InChI is InChI=1S/C14H9NO3/c16-12-9-14(10-5-7-15(17)8-6-10)18-13-4-2-1-3-11(12)13/h1-9H. The van der Waals surface area contributed by atoms with Crippen LogP contribution in [0.2, 0.25) is 0 Å². The fourth-order valence-electron chi connectivity index (χ4n) is 1.82. The highest BCUT2D eigenvalue weighted by Crippen LogP contribution is 2.20. The Bertz CT molecular complexity index is 760. The van der Waals surface area contributed by atoms with E-state index < -0.39 is 0 Å². The molecule has 0 radical (unpaired) electrons. The summed E-state index contributed by atoms with van der Waals surface area (Å²) in [5.41, 5.74) is 1.15. The van der Waals surface area contributed by atoms with Crippen molar-refractivity contribution >= 4 is 11.0 Å². The number of hydrogen-bond acceptors (Lipinski definition) is 3. The van der Waals surface area contributed by atoms with Gasteiger partial charge in [0, 0.05) is 23.8 Å². The molecule has 1 aromatic carbocycles. The summed E-state index contributed by atoms with van der Waals surface area (Å²) < 4.78 is 6.34. The van der Waals surface area contributed by atoms with Gasteiger partial charge in [-0.3, -0.25) is 4.79 Å². The Labute approximate surface area is 102 Å². The van der Waals surface area contributed by atoms with Gasteiger partial charge in [0.25, 0.3) is 0 Å². The Balaban J connectivity index is 2.24. The summed E-state index contributed by atoms with van der Waals surface area (Å²) in [6.45, 7) is 0. The van der Waals surface area contributed by atoms with E-state index in [0.29, 0.717) is 27.0 Å². The van der Waals surface area contributed by atoms with Gasteiger partial charge in [-0.1, -0.05) is 12.1 Å². The molecule has 0 spiro atoms. The molecular formula is C14H9NO3. The first-order chi connectivity index (χ1) is 8.74. The highest BCUT2D eigenvalue weighted by Gasteiger charge is 2.06. The molecule has 0 aliphatic heterocycles. The van der Waals surface area contributed by atoms with Crippen LogP contribution in [0.15, 0.2) is 64.1 Å². The van der Waals surface area contributed by atoms with Gasteiger partial charge >= 0.3 is 0 Å². The summed E-state index contributed by atoms with van der Waals surface area (Å²) in [4.78, 5) is 11.9. The van der Waals surface area contributed by atoms with Gasteiger partial charge in [0.15, 0.2) is 17.8 Å². The predicted octanol–water partition coefficient (Wildman–Crippen LogP) is 2.09. The van der Waals surface area contributed by atoms with Crippen molar-refractivity contribution < 1.29 is 9.15 Å². The van der Waals surface area contributed by atoms with E-state index in [1.54, 1.807) is 30.3 Å². The van der Waals surface area contributed by atoms with E-state index in [2.05, 4.69) is 0 Å². The van der Waals surface area contributed by atoms with E-state index >= 15 is 0 Å². The zero-order chi connectivity index (χ0) is 12.5. The van der Waals surface area contributed by atoms with Crippen molar-refractivity contribution in [1.82, 2.24) is 0 Å². The Hall–Kier alpha value is -2.62. The highest BCUT2D eigenvalue weighted by atomic mass is 16.5. The Morgan fingerprint density at radius 3 is 2.56 bits per heavy atom. The molecule has 4 nitrogen and oxygen atoms in total. The average molecular weight is 239 g/mol. The third kappa shape index (κ3) is 1.73. The molecule has 0 atom stereocenters. The average Bonchev–Trinajstić information content (AvgIpc) is 2.39. The zero-order valence-corrected chi connectivity index (χ0v) is 9.37. The van der Waals surface area contributed by atoms with Gasteiger partial charge in [-0.05, 0) is 12.1 Å². The second-order valence-corrected chi connectivity index (χ2v) is 3.92. The molecule has 18 heavy (non-hydrogen) atoms. The minimum absolute atomic E-state index is 0.0919. The van der Waals surface area contributed by atoms with Crippen molar-refractivity contribution in [2.24, 2.45) is 0 Å². The van der Waals surface area contributed by atoms with Gasteiger partial charge in [-0.15, -0.1) is 0 Å². The first-order valence-electron chi connectivity index (χ1n) is 5.46. The zero-order valence-electron chi connectivity index (χ0n) is 9.37. The summed E-state index contributed by atoms with van der Waals surface area (Å²) in [5.74, 6) is 0.458. The van der Waals surface area contributed by atoms with Crippen molar-refractivity contribution in [1.29, 1.82) is 0 Å². The fourth-order valence-corrected chi connectivity index (χ4v) is 1.82. The van der Waals surface area contributed by atoms with E-state index in [1.807, 2.05) is 6.07 Å². The summed E-state index contributed by atoms with van der Waals surface area (Å²) in [6, 6.07) is 11.7. The van der Waals surface area contributed by atoms with Crippen LogP contribution in [0.4, 0.5) is 0 Å². The van der Waals surface area contributed by atoms with E-state index in [9.17, 15) is 10.0 Å². The lowest BCUT2D eigenvalue weighted by Crippen LogP contribution is -2.23. The molecule has 3 aromatic rings. The van der Waals surface area contributed by atoms with Crippen LogP contribution in [-0.2, 0) is 0 Å². The number of nitrogens with zero attached hydrogens (tertiary/aromatic N) is 1. The van der Waals surface area contributed by atoms with E-state index in [-0.39, 0.29) is 5.43 Å². The lowest BCUT2D eigenvalue weighted by Gasteiger charge is -2.02. The smallest absolute Gasteiger partial charge is 0.193 e. The largest absolute Gasteiger partial charge is 0.619 e. The molecule has 0 amide bonds. The van der Waals surface area contributed by atoms with Crippen LogP contribution in [0.1, 0.15) is 0 Å². The second kappa shape index (κ2) is 4.00. The van der Waals surface area contributed by atoms with Crippen LogP contribution in [0.25, 0.3) is 22.3 Å². The van der Waals surface area contributed by atoms with Crippen LogP contribution in [0.5, 0.6) is 0 Å². The Kier molecular flexibility index (Phi) is 2.34. The first kappa shape index (κ1) is 10.5. The minimum Gasteiger partial charge on any atom is -0.619 e. The van der Waals surface area contributed by atoms with Crippen molar-refractivity contribution in [3.05, 3.63) is 70.3 Å².